The molecule has 2 rings (SSSR count). The van der Waals surface area contributed by atoms with E-state index in [4.69, 9.17) is 4.74 Å². The first-order valence-corrected chi connectivity index (χ1v) is 6.50. The molecule has 0 saturated heterocycles. The van der Waals surface area contributed by atoms with Gasteiger partial charge in [0.25, 0.3) is 0 Å². The molecule has 0 atom stereocenters. The van der Waals surface area contributed by atoms with E-state index in [-0.39, 0.29) is 0 Å². The summed E-state index contributed by atoms with van der Waals surface area (Å²) in [6.45, 7) is 6.94. The van der Waals surface area contributed by atoms with E-state index in [2.05, 4.69) is 22.3 Å². The van der Waals surface area contributed by atoms with Crippen LogP contribution in [-0.2, 0) is 7.05 Å². The van der Waals surface area contributed by atoms with Crippen LogP contribution in [0.5, 0.6) is 11.6 Å². The van der Waals surface area contributed by atoms with Crippen LogP contribution in [0.2, 0.25) is 0 Å². The fourth-order valence-corrected chi connectivity index (χ4v) is 1.83. The Balaban J connectivity index is 2.18. The van der Waals surface area contributed by atoms with E-state index >= 15 is 0 Å². The first-order valence-electron chi connectivity index (χ1n) is 6.50. The van der Waals surface area contributed by atoms with Gasteiger partial charge in [0.1, 0.15) is 11.5 Å². The van der Waals surface area contributed by atoms with Crippen LogP contribution in [0.3, 0.4) is 0 Å². The minimum absolute atomic E-state index is 0.584. The van der Waals surface area contributed by atoms with Gasteiger partial charge in [0.05, 0.1) is 5.69 Å². The van der Waals surface area contributed by atoms with Gasteiger partial charge in [0.2, 0.25) is 5.88 Å². The molecule has 19 heavy (non-hydrogen) atoms. The summed E-state index contributed by atoms with van der Waals surface area (Å²) in [7, 11) is 1.90. The third-order valence-corrected chi connectivity index (χ3v) is 2.93. The lowest BCUT2D eigenvalue weighted by atomic mass is 10.3. The summed E-state index contributed by atoms with van der Waals surface area (Å²) in [5.41, 5.74) is 1.86. The molecule has 0 bridgehead atoms. The molecule has 0 aliphatic carbocycles. The minimum Gasteiger partial charge on any atom is -0.435 e. The monoisotopic (exact) mass is 260 g/mol. The highest BCUT2D eigenvalue weighted by Gasteiger charge is 2.12. The maximum Gasteiger partial charge on any atom is 0.221 e. The molecule has 0 radical (unpaired) electrons. The molecule has 0 aromatic carbocycles. The molecule has 0 unspecified atom stereocenters. The highest BCUT2D eigenvalue weighted by Crippen LogP contribution is 2.27. The average molecular weight is 260 g/mol. The minimum atomic E-state index is 0.584. The van der Waals surface area contributed by atoms with Crippen molar-refractivity contribution in [2.75, 3.05) is 11.9 Å². The number of pyridine rings is 1. The molecule has 1 N–H and O–H groups in total. The normalized spacial score (nSPS) is 10.5. The highest BCUT2D eigenvalue weighted by atomic mass is 16.5. The van der Waals surface area contributed by atoms with Gasteiger partial charge in [0.15, 0.2) is 5.75 Å². The third-order valence-electron chi connectivity index (χ3n) is 2.93. The second kappa shape index (κ2) is 5.73. The zero-order valence-corrected chi connectivity index (χ0v) is 11.9. The third kappa shape index (κ3) is 3.05. The Morgan fingerprint density at radius 2 is 2.11 bits per heavy atom. The number of hydrogen-bond acceptors (Lipinski definition) is 4. The molecule has 2 aromatic rings. The van der Waals surface area contributed by atoms with Crippen molar-refractivity contribution in [3.63, 3.8) is 0 Å². The molecule has 0 amide bonds. The number of ether oxygens (including phenoxy) is 1. The Morgan fingerprint density at radius 1 is 1.32 bits per heavy atom. The van der Waals surface area contributed by atoms with E-state index < -0.39 is 0 Å². The number of nitrogens with one attached hydrogen (secondary N) is 1. The van der Waals surface area contributed by atoms with Crippen LogP contribution >= 0.6 is 0 Å². The van der Waals surface area contributed by atoms with E-state index in [1.165, 1.54) is 0 Å². The number of aromatic nitrogens is 3. The van der Waals surface area contributed by atoms with Crippen molar-refractivity contribution in [1.29, 1.82) is 0 Å². The van der Waals surface area contributed by atoms with Crippen molar-refractivity contribution < 1.29 is 4.74 Å². The fraction of sp³-hybridized carbons (Fsp3) is 0.429. The first-order chi connectivity index (χ1) is 9.11. The lowest BCUT2D eigenvalue weighted by Gasteiger charge is -2.08. The molecule has 2 aromatic heterocycles. The quantitative estimate of drug-likeness (QED) is 0.897. The summed E-state index contributed by atoms with van der Waals surface area (Å²) in [5, 5.41) is 7.57. The Morgan fingerprint density at radius 3 is 2.74 bits per heavy atom. The second-order valence-corrected chi connectivity index (χ2v) is 4.51. The summed E-state index contributed by atoms with van der Waals surface area (Å²) >= 11 is 0. The summed E-state index contributed by atoms with van der Waals surface area (Å²) in [4.78, 5) is 4.43. The van der Waals surface area contributed by atoms with Gasteiger partial charge in [0, 0.05) is 19.7 Å². The standard InChI is InChI=1S/C14H20N4O/c1-5-9-15-12-7-6-8-13(16-12)19-14-10(2)17-18(4)11(14)3/h6-8H,5,9H2,1-4H3,(H,15,16). The largest absolute Gasteiger partial charge is 0.435 e. The Kier molecular flexibility index (Phi) is 4.04. The molecule has 0 aliphatic rings. The van der Waals surface area contributed by atoms with Gasteiger partial charge < -0.3 is 10.1 Å². The van der Waals surface area contributed by atoms with E-state index in [1.54, 1.807) is 0 Å². The zero-order chi connectivity index (χ0) is 13.8. The molecular formula is C14H20N4O. The number of aryl methyl sites for hydroxylation is 2. The summed E-state index contributed by atoms with van der Waals surface area (Å²) in [5.74, 6) is 2.20. The molecule has 102 valence electrons. The molecule has 0 fully saturated rings. The summed E-state index contributed by atoms with van der Waals surface area (Å²) in [6, 6.07) is 5.72. The molecule has 5 nitrogen and oxygen atoms in total. The number of hydrogen-bond donors (Lipinski definition) is 1. The van der Waals surface area contributed by atoms with Gasteiger partial charge >= 0.3 is 0 Å². The smallest absolute Gasteiger partial charge is 0.221 e. The van der Waals surface area contributed by atoms with E-state index in [9.17, 15) is 0 Å². The van der Waals surface area contributed by atoms with Crippen LogP contribution < -0.4 is 10.1 Å². The van der Waals surface area contributed by atoms with Crippen molar-refractivity contribution in [2.45, 2.75) is 27.2 Å². The van der Waals surface area contributed by atoms with Crippen LogP contribution in [0.25, 0.3) is 0 Å². The molecule has 2 heterocycles. The number of anilines is 1. The maximum atomic E-state index is 5.85. The van der Waals surface area contributed by atoms with Gasteiger partial charge in [-0.15, -0.1) is 0 Å². The van der Waals surface area contributed by atoms with E-state index in [0.717, 1.165) is 35.9 Å². The Bertz CT molecular complexity index is 563. The SMILES string of the molecule is CCCNc1cccc(Oc2c(C)nn(C)c2C)n1. The van der Waals surface area contributed by atoms with Gasteiger partial charge in [-0.05, 0) is 26.3 Å². The van der Waals surface area contributed by atoms with Crippen LogP contribution in [-0.4, -0.2) is 21.3 Å². The molecular weight excluding hydrogens is 240 g/mol. The zero-order valence-electron chi connectivity index (χ0n) is 11.9. The molecule has 0 aliphatic heterocycles. The number of nitrogens with zero attached hydrogens (tertiary/aromatic N) is 3. The summed E-state index contributed by atoms with van der Waals surface area (Å²) < 4.78 is 7.66. The van der Waals surface area contributed by atoms with E-state index in [0.29, 0.717) is 5.88 Å². The highest BCUT2D eigenvalue weighted by molar-refractivity contribution is 5.40. The van der Waals surface area contributed by atoms with Crippen LogP contribution in [0.15, 0.2) is 18.2 Å². The molecule has 0 saturated carbocycles. The van der Waals surface area contributed by atoms with Crippen LogP contribution in [0.1, 0.15) is 24.7 Å². The second-order valence-electron chi connectivity index (χ2n) is 4.51. The average Bonchev–Trinajstić information content (AvgIpc) is 2.64. The molecule has 5 heteroatoms. The lowest BCUT2D eigenvalue weighted by Crippen LogP contribution is -2.02. The van der Waals surface area contributed by atoms with Gasteiger partial charge in [-0.2, -0.15) is 10.1 Å². The lowest BCUT2D eigenvalue weighted by molar-refractivity contribution is 0.456. The van der Waals surface area contributed by atoms with Crippen molar-refractivity contribution in [2.24, 2.45) is 7.05 Å². The topological polar surface area (TPSA) is 52.0 Å². The first kappa shape index (κ1) is 13.4. The number of rotatable bonds is 5. The van der Waals surface area contributed by atoms with Crippen molar-refractivity contribution in [3.05, 3.63) is 29.6 Å². The van der Waals surface area contributed by atoms with Gasteiger partial charge in [-0.1, -0.05) is 13.0 Å². The van der Waals surface area contributed by atoms with E-state index in [1.807, 2.05) is 43.8 Å². The predicted molar refractivity (Wildman–Crippen MR) is 75.8 cm³/mol. The van der Waals surface area contributed by atoms with Gasteiger partial charge in [-0.3, -0.25) is 4.68 Å². The van der Waals surface area contributed by atoms with Crippen molar-refractivity contribution in [3.8, 4) is 11.6 Å². The summed E-state index contributed by atoms with van der Waals surface area (Å²) in [6.07, 6.45) is 1.06. The Hall–Kier alpha value is -2.04. The van der Waals surface area contributed by atoms with Crippen molar-refractivity contribution >= 4 is 5.82 Å². The predicted octanol–water partition coefficient (Wildman–Crippen LogP) is 3.05. The fourth-order valence-electron chi connectivity index (χ4n) is 1.83. The van der Waals surface area contributed by atoms with Gasteiger partial charge in [-0.25, -0.2) is 0 Å². The Labute approximate surface area is 113 Å². The molecule has 0 spiro atoms. The van der Waals surface area contributed by atoms with Crippen LogP contribution in [0, 0.1) is 13.8 Å². The van der Waals surface area contributed by atoms with Crippen LogP contribution in [0.4, 0.5) is 5.82 Å². The van der Waals surface area contributed by atoms with Crippen molar-refractivity contribution in [1.82, 2.24) is 14.8 Å². The maximum absolute atomic E-state index is 5.85.